The predicted molar refractivity (Wildman–Crippen MR) is 112 cm³/mol. The predicted octanol–water partition coefficient (Wildman–Crippen LogP) is 4.95. The monoisotopic (exact) mass is 386 g/mol. The molecular weight excluding hydrogens is 364 g/mol. The molecule has 0 radical (unpaired) electrons. The molecule has 29 heavy (non-hydrogen) atoms. The number of hydrazone groups is 1. The van der Waals surface area contributed by atoms with Crippen molar-refractivity contribution in [1.29, 1.82) is 0 Å². The smallest absolute Gasteiger partial charge is 0.217 e. The standard InChI is InChI=1S/C24H22N2O3/c1-27-22-14-8-12-18(23(22)28-2)24-26-20(17-11-6-7-13-21(17)29-24)15-19(25-26)16-9-4-3-5-10-16/h3-14,20,24H,15H2,1-2H3/t20-,24-/m1/s1. The number of rotatable bonds is 4. The van der Waals surface area contributed by atoms with Crippen LogP contribution in [0.5, 0.6) is 17.2 Å². The second-order valence-corrected chi connectivity index (χ2v) is 7.10. The Hall–Kier alpha value is -3.47. The van der Waals surface area contributed by atoms with Crippen LogP contribution < -0.4 is 14.2 Å². The second-order valence-electron chi connectivity index (χ2n) is 7.10. The number of hydrogen-bond donors (Lipinski definition) is 0. The van der Waals surface area contributed by atoms with Gasteiger partial charge in [-0.1, -0.05) is 54.6 Å². The summed E-state index contributed by atoms with van der Waals surface area (Å²) >= 11 is 0. The number of ether oxygens (including phenoxy) is 3. The van der Waals surface area contributed by atoms with Crippen molar-refractivity contribution in [3.05, 3.63) is 89.5 Å². The van der Waals surface area contributed by atoms with E-state index in [0.717, 1.165) is 34.6 Å². The van der Waals surface area contributed by atoms with Crippen LogP contribution in [0.4, 0.5) is 0 Å². The molecule has 2 atom stereocenters. The van der Waals surface area contributed by atoms with E-state index in [1.807, 2.05) is 54.6 Å². The van der Waals surface area contributed by atoms with Gasteiger partial charge in [-0.15, -0.1) is 0 Å². The molecule has 0 bridgehead atoms. The van der Waals surface area contributed by atoms with E-state index in [9.17, 15) is 0 Å². The molecule has 5 rings (SSSR count). The van der Waals surface area contributed by atoms with Crippen LogP contribution in [0.25, 0.3) is 0 Å². The van der Waals surface area contributed by atoms with Gasteiger partial charge in [-0.25, -0.2) is 5.01 Å². The fourth-order valence-corrected chi connectivity index (χ4v) is 4.15. The van der Waals surface area contributed by atoms with E-state index >= 15 is 0 Å². The Morgan fingerprint density at radius 3 is 2.41 bits per heavy atom. The normalized spacial score (nSPS) is 19.7. The first-order valence-electron chi connectivity index (χ1n) is 9.68. The maximum atomic E-state index is 6.44. The Kier molecular flexibility index (Phi) is 4.35. The molecule has 5 heteroatoms. The highest BCUT2D eigenvalue weighted by atomic mass is 16.5. The van der Waals surface area contributed by atoms with Crippen molar-refractivity contribution < 1.29 is 14.2 Å². The molecule has 0 amide bonds. The van der Waals surface area contributed by atoms with Gasteiger partial charge in [0.15, 0.2) is 11.5 Å². The fourth-order valence-electron chi connectivity index (χ4n) is 4.15. The van der Waals surface area contributed by atoms with Gasteiger partial charge in [-0.2, -0.15) is 5.10 Å². The molecule has 0 unspecified atom stereocenters. The zero-order valence-electron chi connectivity index (χ0n) is 16.4. The first kappa shape index (κ1) is 17.6. The summed E-state index contributed by atoms with van der Waals surface area (Å²) < 4.78 is 17.6. The minimum absolute atomic E-state index is 0.107. The van der Waals surface area contributed by atoms with Crippen molar-refractivity contribution in [2.24, 2.45) is 5.10 Å². The van der Waals surface area contributed by atoms with Gasteiger partial charge in [0.2, 0.25) is 6.23 Å². The zero-order chi connectivity index (χ0) is 19.8. The first-order valence-corrected chi connectivity index (χ1v) is 9.68. The average molecular weight is 386 g/mol. The van der Waals surface area contributed by atoms with Gasteiger partial charge < -0.3 is 14.2 Å². The second kappa shape index (κ2) is 7.17. The molecule has 3 aromatic carbocycles. The van der Waals surface area contributed by atoms with Crippen LogP contribution in [0.1, 0.15) is 35.4 Å². The quantitative estimate of drug-likeness (QED) is 0.637. The van der Waals surface area contributed by atoms with E-state index in [1.165, 1.54) is 0 Å². The lowest BCUT2D eigenvalue weighted by Gasteiger charge is -2.38. The molecule has 2 aliphatic rings. The third kappa shape index (κ3) is 2.90. The molecule has 0 N–H and O–H groups in total. The Balaban J connectivity index is 1.64. The summed E-state index contributed by atoms with van der Waals surface area (Å²) in [4.78, 5) is 0. The number of nitrogens with zero attached hydrogens (tertiary/aromatic N) is 2. The molecule has 2 heterocycles. The van der Waals surface area contributed by atoms with Gasteiger partial charge in [0.05, 0.1) is 31.5 Å². The van der Waals surface area contributed by atoms with E-state index < -0.39 is 6.23 Å². The van der Waals surface area contributed by atoms with Gasteiger partial charge in [0, 0.05) is 12.0 Å². The maximum absolute atomic E-state index is 6.44. The largest absolute Gasteiger partial charge is 0.493 e. The van der Waals surface area contributed by atoms with Gasteiger partial charge in [0.25, 0.3) is 0 Å². The van der Waals surface area contributed by atoms with Crippen molar-refractivity contribution in [2.75, 3.05) is 14.2 Å². The highest BCUT2D eigenvalue weighted by Crippen LogP contribution is 2.49. The molecule has 0 fully saturated rings. The minimum Gasteiger partial charge on any atom is -0.493 e. The zero-order valence-corrected chi connectivity index (χ0v) is 16.4. The van der Waals surface area contributed by atoms with Crippen molar-refractivity contribution in [2.45, 2.75) is 18.7 Å². The molecule has 0 aromatic heterocycles. The molecule has 0 saturated carbocycles. The maximum Gasteiger partial charge on any atom is 0.217 e. The Labute approximate surface area is 170 Å². The van der Waals surface area contributed by atoms with Gasteiger partial charge in [-0.05, 0) is 23.8 Å². The van der Waals surface area contributed by atoms with Crippen molar-refractivity contribution >= 4 is 5.71 Å². The molecule has 2 aliphatic heterocycles. The van der Waals surface area contributed by atoms with E-state index in [0.29, 0.717) is 11.5 Å². The Morgan fingerprint density at radius 2 is 1.62 bits per heavy atom. The highest BCUT2D eigenvalue weighted by Gasteiger charge is 2.42. The number of para-hydroxylation sites is 2. The van der Waals surface area contributed by atoms with Crippen molar-refractivity contribution in [3.63, 3.8) is 0 Å². The van der Waals surface area contributed by atoms with Crippen LogP contribution in [0.3, 0.4) is 0 Å². The van der Waals surface area contributed by atoms with E-state index in [4.69, 9.17) is 19.3 Å². The first-order chi connectivity index (χ1) is 14.3. The lowest BCUT2D eigenvalue weighted by molar-refractivity contribution is -0.0205. The Morgan fingerprint density at radius 1 is 0.862 bits per heavy atom. The van der Waals surface area contributed by atoms with Gasteiger partial charge >= 0.3 is 0 Å². The molecule has 5 nitrogen and oxygen atoms in total. The van der Waals surface area contributed by atoms with Crippen LogP contribution in [0.15, 0.2) is 77.9 Å². The number of benzene rings is 3. The molecule has 3 aromatic rings. The summed E-state index contributed by atoms with van der Waals surface area (Å²) in [7, 11) is 3.29. The molecular formula is C24H22N2O3. The summed E-state index contributed by atoms with van der Waals surface area (Å²) in [5.74, 6) is 2.23. The topological polar surface area (TPSA) is 43.3 Å². The lowest BCUT2D eigenvalue weighted by Crippen LogP contribution is -2.34. The van der Waals surface area contributed by atoms with Crippen LogP contribution in [0.2, 0.25) is 0 Å². The van der Waals surface area contributed by atoms with E-state index in [2.05, 4.69) is 23.2 Å². The average Bonchev–Trinajstić information content (AvgIpc) is 3.24. The molecule has 146 valence electrons. The van der Waals surface area contributed by atoms with E-state index in [1.54, 1.807) is 14.2 Å². The third-order valence-electron chi connectivity index (χ3n) is 5.51. The summed E-state index contributed by atoms with van der Waals surface area (Å²) in [6, 6.07) is 24.5. The molecule has 0 saturated heterocycles. The van der Waals surface area contributed by atoms with Crippen LogP contribution in [-0.2, 0) is 0 Å². The van der Waals surface area contributed by atoms with Gasteiger partial charge in [-0.3, -0.25) is 0 Å². The number of methoxy groups -OCH3 is 2. The lowest BCUT2D eigenvalue weighted by atomic mass is 9.96. The third-order valence-corrected chi connectivity index (χ3v) is 5.51. The van der Waals surface area contributed by atoms with Gasteiger partial charge in [0.1, 0.15) is 5.75 Å². The summed E-state index contributed by atoms with van der Waals surface area (Å²) in [6.07, 6.45) is 0.425. The van der Waals surface area contributed by atoms with Crippen LogP contribution in [-0.4, -0.2) is 24.9 Å². The summed E-state index contributed by atoms with van der Waals surface area (Å²) in [5.41, 5.74) is 4.24. The van der Waals surface area contributed by atoms with E-state index in [-0.39, 0.29) is 6.04 Å². The SMILES string of the molecule is COc1cccc([C@H]2Oc3ccccc3[C@H]3CC(c4ccccc4)=NN32)c1OC. The molecule has 0 aliphatic carbocycles. The number of fused-ring (bicyclic) bond motifs is 3. The number of hydrogen-bond acceptors (Lipinski definition) is 5. The Bertz CT molecular complexity index is 1060. The molecule has 0 spiro atoms. The van der Waals surface area contributed by atoms with Crippen LogP contribution in [0, 0.1) is 0 Å². The summed E-state index contributed by atoms with van der Waals surface area (Å²) in [5, 5.41) is 7.05. The van der Waals surface area contributed by atoms with Crippen molar-refractivity contribution in [3.8, 4) is 17.2 Å². The van der Waals surface area contributed by atoms with Crippen molar-refractivity contribution in [1.82, 2.24) is 5.01 Å². The summed E-state index contributed by atoms with van der Waals surface area (Å²) in [6.45, 7) is 0. The van der Waals surface area contributed by atoms with Crippen LogP contribution >= 0.6 is 0 Å². The minimum atomic E-state index is -0.402. The fraction of sp³-hybridized carbons (Fsp3) is 0.208. The highest BCUT2D eigenvalue weighted by molar-refractivity contribution is 6.01.